The Morgan fingerprint density at radius 2 is 1.97 bits per heavy atom. The highest BCUT2D eigenvalue weighted by molar-refractivity contribution is 7.90. The molecule has 0 saturated heterocycles. The standard InChI is InChI=1S/C20H20N4O8S/c1-3-31-13-8-9-15(16(10-13)24(27)28)22-18(25)11-32-20(26)12(2)21-19-14-6-4-5-7-17(14)33(29,30)23-19/h4-10,12H,3,11H2,1-2H3,(H,21,23)(H,22,25)/t12-/m0/s1. The van der Waals surface area contributed by atoms with Gasteiger partial charge in [0.1, 0.15) is 23.3 Å². The molecular formula is C20H20N4O8S. The Bertz CT molecular complexity index is 1240. The van der Waals surface area contributed by atoms with Crippen LogP contribution in [0.1, 0.15) is 19.4 Å². The highest BCUT2D eigenvalue weighted by Gasteiger charge is 2.31. The number of amidine groups is 1. The zero-order chi connectivity index (χ0) is 24.2. The van der Waals surface area contributed by atoms with Crippen LogP contribution in [0.4, 0.5) is 11.4 Å². The molecule has 0 aliphatic carbocycles. The summed E-state index contributed by atoms with van der Waals surface area (Å²) in [6, 6.07) is 8.95. The first-order valence-corrected chi connectivity index (χ1v) is 11.2. The van der Waals surface area contributed by atoms with E-state index < -0.39 is 39.5 Å². The third kappa shape index (κ3) is 5.44. The van der Waals surface area contributed by atoms with E-state index in [-0.39, 0.29) is 27.9 Å². The molecule has 0 saturated carbocycles. The van der Waals surface area contributed by atoms with Crippen molar-refractivity contribution in [3.8, 4) is 5.75 Å². The van der Waals surface area contributed by atoms with Crippen LogP contribution >= 0.6 is 0 Å². The van der Waals surface area contributed by atoms with Gasteiger partial charge < -0.3 is 14.8 Å². The number of aliphatic imine (C=N–C) groups is 1. The quantitative estimate of drug-likeness (QED) is 0.329. The van der Waals surface area contributed by atoms with Crippen molar-refractivity contribution in [3.63, 3.8) is 0 Å². The van der Waals surface area contributed by atoms with Gasteiger partial charge in [0, 0.05) is 5.56 Å². The number of carbonyl (C=O) groups excluding carboxylic acids is 2. The Morgan fingerprint density at radius 1 is 1.24 bits per heavy atom. The summed E-state index contributed by atoms with van der Waals surface area (Å²) in [5, 5.41) is 13.6. The van der Waals surface area contributed by atoms with E-state index in [1.165, 1.54) is 31.2 Å². The fourth-order valence-corrected chi connectivity index (χ4v) is 4.18. The van der Waals surface area contributed by atoms with Crippen LogP contribution in [-0.4, -0.2) is 50.3 Å². The van der Waals surface area contributed by atoms with Gasteiger partial charge in [0.2, 0.25) is 0 Å². The summed E-state index contributed by atoms with van der Waals surface area (Å²) in [6.07, 6.45) is 0. The van der Waals surface area contributed by atoms with Crippen molar-refractivity contribution in [1.82, 2.24) is 4.72 Å². The second-order valence-electron chi connectivity index (χ2n) is 6.78. The number of hydrogen-bond acceptors (Lipinski definition) is 9. The van der Waals surface area contributed by atoms with Gasteiger partial charge in [-0.05, 0) is 38.1 Å². The molecule has 1 aliphatic rings. The number of sulfonamides is 1. The van der Waals surface area contributed by atoms with Gasteiger partial charge >= 0.3 is 5.97 Å². The topological polar surface area (TPSA) is 166 Å². The maximum atomic E-state index is 12.2. The zero-order valence-corrected chi connectivity index (χ0v) is 18.4. The summed E-state index contributed by atoms with van der Waals surface area (Å²) >= 11 is 0. The first-order valence-electron chi connectivity index (χ1n) is 9.70. The number of hydrogen-bond donors (Lipinski definition) is 2. The molecule has 0 fully saturated rings. The van der Waals surface area contributed by atoms with E-state index in [0.29, 0.717) is 12.2 Å². The fourth-order valence-electron chi connectivity index (χ4n) is 2.94. The van der Waals surface area contributed by atoms with Gasteiger partial charge in [0.05, 0.1) is 22.5 Å². The number of nitrogens with one attached hydrogen (secondary N) is 2. The number of esters is 1. The van der Waals surface area contributed by atoms with Gasteiger partial charge in [0.25, 0.3) is 21.6 Å². The third-order valence-corrected chi connectivity index (χ3v) is 5.82. The Labute approximate surface area is 188 Å². The first-order chi connectivity index (χ1) is 15.6. The minimum atomic E-state index is -3.77. The van der Waals surface area contributed by atoms with Crippen LogP contribution in [-0.2, 0) is 24.3 Å². The zero-order valence-electron chi connectivity index (χ0n) is 17.6. The number of rotatable bonds is 8. The average Bonchev–Trinajstić information content (AvgIpc) is 3.03. The van der Waals surface area contributed by atoms with Crippen LogP contribution in [0.15, 0.2) is 52.4 Å². The smallest absolute Gasteiger partial charge is 0.331 e. The van der Waals surface area contributed by atoms with Gasteiger partial charge in [-0.3, -0.25) is 24.6 Å². The number of benzene rings is 2. The molecular weight excluding hydrogens is 456 g/mol. The Hall–Kier alpha value is -4.00. The van der Waals surface area contributed by atoms with Gasteiger partial charge in [-0.15, -0.1) is 0 Å². The van der Waals surface area contributed by atoms with Crippen LogP contribution in [0.5, 0.6) is 5.75 Å². The van der Waals surface area contributed by atoms with Crippen LogP contribution < -0.4 is 14.8 Å². The summed E-state index contributed by atoms with van der Waals surface area (Å²) in [5.74, 6) is -1.43. The molecule has 0 spiro atoms. The molecule has 0 radical (unpaired) electrons. The number of nitrogens with zero attached hydrogens (tertiary/aromatic N) is 2. The van der Waals surface area contributed by atoms with Crippen LogP contribution in [0, 0.1) is 10.1 Å². The average molecular weight is 476 g/mol. The van der Waals surface area contributed by atoms with E-state index in [2.05, 4.69) is 15.0 Å². The Morgan fingerprint density at radius 3 is 2.67 bits per heavy atom. The number of carbonyl (C=O) groups is 2. The molecule has 0 unspecified atom stereocenters. The Balaban J connectivity index is 1.63. The van der Waals surface area contributed by atoms with Crippen molar-refractivity contribution in [3.05, 3.63) is 58.1 Å². The molecule has 1 heterocycles. The summed E-state index contributed by atoms with van der Waals surface area (Å²) in [6.45, 7) is 2.69. The van der Waals surface area contributed by atoms with Crippen LogP contribution in [0.3, 0.4) is 0 Å². The molecule has 0 aromatic heterocycles. The lowest BCUT2D eigenvalue weighted by atomic mass is 10.2. The predicted octanol–water partition coefficient (Wildman–Crippen LogP) is 1.60. The molecule has 2 aromatic rings. The number of nitro benzene ring substituents is 1. The minimum Gasteiger partial charge on any atom is -0.494 e. The molecule has 1 atom stereocenters. The highest BCUT2D eigenvalue weighted by atomic mass is 32.2. The molecule has 1 aliphatic heterocycles. The normalized spacial score (nSPS) is 15.8. The lowest BCUT2D eigenvalue weighted by molar-refractivity contribution is -0.384. The van der Waals surface area contributed by atoms with Crippen molar-refractivity contribution < 1.29 is 32.4 Å². The van der Waals surface area contributed by atoms with E-state index in [9.17, 15) is 28.1 Å². The van der Waals surface area contributed by atoms with Crippen LogP contribution in [0.2, 0.25) is 0 Å². The van der Waals surface area contributed by atoms with Gasteiger partial charge in [-0.1, -0.05) is 12.1 Å². The number of ether oxygens (including phenoxy) is 2. The summed E-state index contributed by atoms with van der Waals surface area (Å²) in [7, 11) is -3.77. The van der Waals surface area contributed by atoms with E-state index >= 15 is 0 Å². The summed E-state index contributed by atoms with van der Waals surface area (Å²) in [5.41, 5.74) is -0.153. The fraction of sp³-hybridized carbons (Fsp3) is 0.250. The van der Waals surface area contributed by atoms with Crippen molar-refractivity contribution >= 4 is 39.1 Å². The van der Waals surface area contributed by atoms with Crippen molar-refractivity contribution in [2.75, 3.05) is 18.5 Å². The summed E-state index contributed by atoms with van der Waals surface area (Å²) in [4.78, 5) is 39.1. The molecule has 33 heavy (non-hydrogen) atoms. The first kappa shape index (κ1) is 23.7. The number of anilines is 1. The summed E-state index contributed by atoms with van der Waals surface area (Å²) < 4.78 is 36.6. The van der Waals surface area contributed by atoms with E-state index in [1.807, 2.05) is 0 Å². The van der Waals surface area contributed by atoms with Gasteiger partial charge in [-0.2, -0.15) is 0 Å². The number of fused-ring (bicyclic) bond motifs is 1. The number of nitro groups is 1. The van der Waals surface area contributed by atoms with E-state index in [1.54, 1.807) is 25.1 Å². The van der Waals surface area contributed by atoms with E-state index in [4.69, 9.17) is 9.47 Å². The molecule has 2 N–H and O–H groups in total. The lowest BCUT2D eigenvalue weighted by Gasteiger charge is -2.10. The second kappa shape index (κ2) is 9.65. The molecule has 0 bridgehead atoms. The van der Waals surface area contributed by atoms with Gasteiger partial charge in [-0.25, -0.2) is 13.2 Å². The van der Waals surface area contributed by atoms with Crippen LogP contribution in [0.25, 0.3) is 0 Å². The van der Waals surface area contributed by atoms with Gasteiger partial charge in [0.15, 0.2) is 6.61 Å². The lowest BCUT2D eigenvalue weighted by Crippen LogP contribution is -2.29. The molecule has 12 nitrogen and oxygen atoms in total. The number of amides is 1. The largest absolute Gasteiger partial charge is 0.494 e. The third-order valence-electron chi connectivity index (χ3n) is 4.42. The highest BCUT2D eigenvalue weighted by Crippen LogP contribution is 2.29. The predicted molar refractivity (Wildman–Crippen MR) is 117 cm³/mol. The SMILES string of the molecule is CCOc1ccc(NC(=O)COC(=O)[C@H](C)N=C2NS(=O)(=O)c3ccccc32)c([N+](=O)[O-])c1. The van der Waals surface area contributed by atoms with Crippen molar-refractivity contribution in [1.29, 1.82) is 0 Å². The maximum absolute atomic E-state index is 12.2. The minimum absolute atomic E-state index is 0.00971. The molecule has 3 rings (SSSR count). The van der Waals surface area contributed by atoms with Crippen molar-refractivity contribution in [2.45, 2.75) is 24.8 Å². The second-order valence-corrected chi connectivity index (χ2v) is 8.43. The van der Waals surface area contributed by atoms with Crippen molar-refractivity contribution in [2.24, 2.45) is 4.99 Å². The van der Waals surface area contributed by atoms with E-state index in [0.717, 1.165) is 0 Å². The maximum Gasteiger partial charge on any atom is 0.331 e. The molecule has 174 valence electrons. The molecule has 2 aromatic carbocycles. The monoisotopic (exact) mass is 476 g/mol. The molecule has 1 amide bonds. The Kier molecular flexibility index (Phi) is 6.92. The molecule has 13 heteroatoms.